The van der Waals surface area contributed by atoms with E-state index in [0.717, 1.165) is 12.1 Å². The summed E-state index contributed by atoms with van der Waals surface area (Å²) >= 11 is 6.10. The summed E-state index contributed by atoms with van der Waals surface area (Å²) in [4.78, 5) is 14.7. The smallest absolute Gasteiger partial charge is 0.368 e. The maximum atomic E-state index is 13.0. The molecule has 0 bridgehead atoms. The number of halogens is 4. The van der Waals surface area contributed by atoms with Crippen molar-refractivity contribution in [1.82, 2.24) is 15.0 Å². The molecule has 128 valence electrons. The summed E-state index contributed by atoms with van der Waals surface area (Å²) < 4.78 is 39.0. The van der Waals surface area contributed by atoms with E-state index in [-0.39, 0.29) is 16.5 Å². The van der Waals surface area contributed by atoms with Gasteiger partial charge in [0.1, 0.15) is 0 Å². The molecule has 0 fully saturated rings. The van der Waals surface area contributed by atoms with Gasteiger partial charge in [0.05, 0.1) is 28.3 Å². The van der Waals surface area contributed by atoms with E-state index in [1.54, 1.807) is 12.1 Å². The molecule has 3 N–H and O–H groups in total. The average molecular weight is 366 g/mol. The van der Waals surface area contributed by atoms with E-state index in [2.05, 4.69) is 26.7 Å². The first kappa shape index (κ1) is 17.0. The van der Waals surface area contributed by atoms with Gasteiger partial charge in [-0.15, -0.1) is 0 Å². The second-order valence-electron chi connectivity index (χ2n) is 5.09. The van der Waals surface area contributed by atoms with Crippen molar-refractivity contribution in [3.63, 3.8) is 0 Å². The molecule has 0 atom stereocenters. The Labute approximate surface area is 145 Å². The molecule has 2 aromatic heterocycles. The Morgan fingerprint density at radius 1 is 1.20 bits per heavy atom. The number of aromatic amines is 1. The van der Waals surface area contributed by atoms with Crippen molar-refractivity contribution in [2.24, 2.45) is 4.99 Å². The van der Waals surface area contributed by atoms with E-state index in [9.17, 15) is 13.2 Å². The van der Waals surface area contributed by atoms with Crippen LogP contribution in [0.2, 0.25) is 5.02 Å². The number of benzene rings is 1. The molecule has 25 heavy (non-hydrogen) atoms. The highest BCUT2D eigenvalue weighted by Gasteiger charge is 2.31. The number of aromatic nitrogens is 3. The Morgan fingerprint density at radius 3 is 2.60 bits per heavy atom. The van der Waals surface area contributed by atoms with E-state index < -0.39 is 11.7 Å². The van der Waals surface area contributed by atoms with Crippen LogP contribution in [0.3, 0.4) is 0 Å². The van der Waals surface area contributed by atoms with Crippen LogP contribution in [0, 0.1) is 0 Å². The quantitative estimate of drug-likeness (QED) is 0.659. The number of hydrogen-bond donors (Lipinski definition) is 2. The molecule has 0 aliphatic rings. The van der Waals surface area contributed by atoms with Gasteiger partial charge in [0.25, 0.3) is 0 Å². The second kappa shape index (κ2) is 6.21. The van der Waals surface area contributed by atoms with E-state index in [0.29, 0.717) is 22.8 Å². The third-order valence-electron chi connectivity index (χ3n) is 3.48. The number of nitrogens with zero attached hydrogens (tertiary/aromatic N) is 3. The molecule has 0 radical (unpaired) electrons. The van der Waals surface area contributed by atoms with Gasteiger partial charge in [0, 0.05) is 16.8 Å². The molecule has 2 heterocycles. The highest BCUT2D eigenvalue weighted by atomic mass is 35.5. The van der Waals surface area contributed by atoms with Crippen molar-refractivity contribution in [2.75, 3.05) is 5.73 Å². The van der Waals surface area contributed by atoms with Gasteiger partial charge in [-0.25, -0.2) is 9.97 Å². The van der Waals surface area contributed by atoms with Crippen LogP contribution in [0.5, 0.6) is 0 Å². The van der Waals surface area contributed by atoms with Crippen LogP contribution >= 0.6 is 11.6 Å². The molecule has 0 saturated carbocycles. The number of aliphatic imine (C=N–C) groups is 1. The predicted molar refractivity (Wildman–Crippen MR) is 90.9 cm³/mol. The zero-order chi connectivity index (χ0) is 18.2. The fraction of sp³-hybridized carbons (Fsp3) is 0.0625. The molecule has 0 aliphatic heterocycles. The number of nitrogens with two attached hydrogens (primary N) is 1. The molecule has 5 nitrogen and oxygen atoms in total. The lowest BCUT2D eigenvalue weighted by molar-refractivity contribution is -0.137. The summed E-state index contributed by atoms with van der Waals surface area (Å²) in [6.07, 6.45) is -3.02. The van der Waals surface area contributed by atoms with E-state index in [1.807, 2.05) is 0 Å². The van der Waals surface area contributed by atoms with E-state index in [1.165, 1.54) is 12.3 Å². The van der Waals surface area contributed by atoms with Crippen molar-refractivity contribution in [3.8, 4) is 22.6 Å². The van der Waals surface area contributed by atoms with Gasteiger partial charge in [0.15, 0.2) is 0 Å². The minimum atomic E-state index is -4.49. The summed E-state index contributed by atoms with van der Waals surface area (Å²) in [5.41, 5.74) is 6.51. The number of nitrogens with one attached hydrogen (secondary N) is 1. The summed E-state index contributed by atoms with van der Waals surface area (Å²) in [5, 5.41) is 0.147. The second-order valence-corrected chi connectivity index (χ2v) is 5.50. The highest BCUT2D eigenvalue weighted by Crippen LogP contribution is 2.40. The Morgan fingerprint density at radius 2 is 1.96 bits per heavy atom. The van der Waals surface area contributed by atoms with Crippen LogP contribution in [0.1, 0.15) is 5.56 Å². The molecule has 0 saturated heterocycles. The maximum Gasteiger partial charge on any atom is 0.416 e. The van der Waals surface area contributed by atoms with Crippen molar-refractivity contribution in [1.29, 1.82) is 0 Å². The number of nitrogen functional groups attached to an aromatic ring is 1. The summed E-state index contributed by atoms with van der Waals surface area (Å²) in [5.74, 6) is 0.0684. The van der Waals surface area contributed by atoms with Crippen LogP contribution in [-0.4, -0.2) is 21.7 Å². The first-order chi connectivity index (χ1) is 11.8. The number of alkyl halides is 3. The number of anilines is 1. The predicted octanol–water partition coefficient (Wildman–Crippen LogP) is 4.73. The molecular formula is C16H11ClF3N5. The molecule has 0 aliphatic carbocycles. The molecule has 1 aromatic carbocycles. The first-order valence-corrected chi connectivity index (χ1v) is 7.33. The fourth-order valence-electron chi connectivity index (χ4n) is 2.33. The van der Waals surface area contributed by atoms with Gasteiger partial charge < -0.3 is 10.7 Å². The van der Waals surface area contributed by atoms with Crippen molar-refractivity contribution < 1.29 is 13.2 Å². The first-order valence-electron chi connectivity index (χ1n) is 6.95. The molecular weight excluding hydrogens is 355 g/mol. The zero-order valence-corrected chi connectivity index (χ0v) is 13.4. The summed E-state index contributed by atoms with van der Waals surface area (Å²) in [6, 6.07) is 6.27. The Hall–Kier alpha value is -2.87. The van der Waals surface area contributed by atoms with Crippen molar-refractivity contribution in [3.05, 3.63) is 47.1 Å². The van der Waals surface area contributed by atoms with Crippen LogP contribution in [0.15, 0.2) is 41.5 Å². The van der Waals surface area contributed by atoms with Crippen LogP contribution in [0.25, 0.3) is 22.6 Å². The zero-order valence-electron chi connectivity index (χ0n) is 12.6. The lowest BCUT2D eigenvalue weighted by Crippen LogP contribution is -2.04. The van der Waals surface area contributed by atoms with E-state index in [4.69, 9.17) is 17.3 Å². The van der Waals surface area contributed by atoms with Gasteiger partial charge >= 0.3 is 6.18 Å². The van der Waals surface area contributed by atoms with Crippen LogP contribution in [0.4, 0.5) is 24.8 Å². The summed E-state index contributed by atoms with van der Waals surface area (Å²) in [6.45, 7) is 3.45. The van der Waals surface area contributed by atoms with Gasteiger partial charge in [-0.1, -0.05) is 11.6 Å². The lowest BCUT2D eigenvalue weighted by Gasteiger charge is -2.10. The number of hydrogen-bond acceptors (Lipinski definition) is 4. The largest absolute Gasteiger partial charge is 0.416 e. The fourth-order valence-corrected chi connectivity index (χ4v) is 2.54. The average Bonchev–Trinajstić information content (AvgIpc) is 2.98. The molecule has 0 spiro atoms. The molecule has 3 aromatic rings. The van der Waals surface area contributed by atoms with Crippen molar-refractivity contribution in [2.45, 2.75) is 6.18 Å². The molecule has 9 heteroatoms. The topological polar surface area (TPSA) is 79.9 Å². The summed E-state index contributed by atoms with van der Waals surface area (Å²) in [7, 11) is 0. The third kappa shape index (κ3) is 3.34. The maximum absolute atomic E-state index is 13.0. The molecule has 0 amide bonds. The normalized spacial score (nSPS) is 11.5. The standard InChI is InChI=1S/C16H11ClF3N5/c1-22-13-7-12(11-4-5-23-15(21)25-11)24-14(13)9-6-8(16(18,19)20)2-3-10(9)17/h2-7,24H,1H2,(H2,21,23,25). The molecule has 3 rings (SSSR count). The minimum absolute atomic E-state index is 0.0684. The van der Waals surface area contributed by atoms with Gasteiger partial charge in [-0.3, -0.25) is 4.99 Å². The minimum Gasteiger partial charge on any atom is -0.368 e. The SMILES string of the molecule is C=Nc1cc(-c2ccnc(N)n2)[nH]c1-c1cc(C(F)(F)F)ccc1Cl. The van der Waals surface area contributed by atoms with Crippen LogP contribution in [-0.2, 0) is 6.18 Å². The van der Waals surface area contributed by atoms with Gasteiger partial charge in [-0.2, -0.15) is 13.2 Å². The number of rotatable bonds is 3. The van der Waals surface area contributed by atoms with Crippen molar-refractivity contribution >= 4 is 30.0 Å². The lowest BCUT2D eigenvalue weighted by atomic mass is 10.1. The van der Waals surface area contributed by atoms with Gasteiger partial charge in [-0.05, 0) is 37.0 Å². The Bertz CT molecular complexity index is 949. The third-order valence-corrected chi connectivity index (χ3v) is 3.81. The Kier molecular flexibility index (Phi) is 4.22. The highest BCUT2D eigenvalue weighted by molar-refractivity contribution is 6.33. The van der Waals surface area contributed by atoms with Gasteiger partial charge in [0.2, 0.25) is 5.95 Å². The molecule has 0 unspecified atom stereocenters. The number of H-pyrrole nitrogens is 1. The Balaban J connectivity index is 2.16. The monoisotopic (exact) mass is 365 g/mol. The van der Waals surface area contributed by atoms with Crippen LogP contribution < -0.4 is 5.73 Å². The van der Waals surface area contributed by atoms with E-state index >= 15 is 0 Å².